The van der Waals surface area contributed by atoms with E-state index in [9.17, 15) is 14.0 Å². The van der Waals surface area contributed by atoms with Crippen molar-refractivity contribution < 1.29 is 14.0 Å². The summed E-state index contributed by atoms with van der Waals surface area (Å²) in [6, 6.07) is 14.1. The Morgan fingerprint density at radius 3 is 2.18 bits per heavy atom. The second-order valence-corrected chi connectivity index (χ2v) is 7.95. The number of halogens is 2. The van der Waals surface area contributed by atoms with Crippen LogP contribution in [0.3, 0.4) is 0 Å². The molecule has 2 aromatic rings. The van der Waals surface area contributed by atoms with Crippen LogP contribution >= 0.6 is 11.6 Å². The maximum Gasteiger partial charge on any atom is 0.232 e. The van der Waals surface area contributed by atoms with Crippen LogP contribution in [0, 0.1) is 5.82 Å². The van der Waals surface area contributed by atoms with E-state index >= 15 is 0 Å². The highest BCUT2D eigenvalue weighted by molar-refractivity contribution is 6.31. The van der Waals surface area contributed by atoms with Gasteiger partial charge in [0.2, 0.25) is 11.8 Å². The lowest BCUT2D eigenvalue weighted by Gasteiger charge is -2.39. The summed E-state index contributed by atoms with van der Waals surface area (Å²) >= 11 is 6.02. The number of hydrogen-bond acceptors (Lipinski definition) is 2. The average molecular weight is 403 g/mol. The van der Waals surface area contributed by atoms with Gasteiger partial charge < -0.3 is 9.80 Å². The smallest absolute Gasteiger partial charge is 0.232 e. The van der Waals surface area contributed by atoms with E-state index in [1.807, 2.05) is 44.2 Å². The van der Waals surface area contributed by atoms with Crippen molar-refractivity contribution in [2.45, 2.75) is 25.7 Å². The Hall–Kier alpha value is -2.40. The van der Waals surface area contributed by atoms with E-state index in [0.717, 1.165) is 5.56 Å². The minimum absolute atomic E-state index is 0.0444. The van der Waals surface area contributed by atoms with Crippen molar-refractivity contribution in [1.29, 1.82) is 0 Å². The molecule has 0 bridgehead atoms. The van der Waals surface area contributed by atoms with Crippen LogP contribution in [-0.4, -0.2) is 47.8 Å². The highest BCUT2D eigenvalue weighted by atomic mass is 35.5. The zero-order valence-corrected chi connectivity index (χ0v) is 16.9. The molecule has 3 rings (SSSR count). The molecule has 6 heteroatoms. The molecule has 4 nitrogen and oxygen atoms in total. The van der Waals surface area contributed by atoms with Crippen molar-refractivity contribution in [1.82, 2.24) is 9.80 Å². The van der Waals surface area contributed by atoms with Gasteiger partial charge in [0.1, 0.15) is 5.82 Å². The van der Waals surface area contributed by atoms with Gasteiger partial charge in [-0.3, -0.25) is 9.59 Å². The molecule has 0 atom stereocenters. The summed E-state index contributed by atoms with van der Waals surface area (Å²) in [4.78, 5) is 29.1. The van der Waals surface area contributed by atoms with E-state index < -0.39 is 11.2 Å². The second-order valence-electron chi connectivity index (χ2n) is 7.54. The third-order valence-corrected chi connectivity index (χ3v) is 5.69. The lowest BCUT2D eigenvalue weighted by molar-refractivity contribution is -0.142. The predicted octanol–water partition coefficient (Wildman–Crippen LogP) is 3.67. The molecule has 0 unspecified atom stereocenters. The standard InChI is InChI=1S/C22H24ClFN2O2/c1-22(2,16-7-4-3-5-8-16)21(28)26-13-11-25(12-14-26)20(27)15-17-18(23)9-6-10-19(17)24/h3-10H,11-15H2,1-2H3. The molecule has 0 N–H and O–H groups in total. The Kier molecular flexibility index (Phi) is 6.04. The first-order chi connectivity index (χ1) is 13.3. The first kappa shape index (κ1) is 20.3. The van der Waals surface area contributed by atoms with Crippen LogP contribution in [0.15, 0.2) is 48.5 Å². The minimum atomic E-state index is -0.631. The molecule has 1 aliphatic heterocycles. The zero-order valence-electron chi connectivity index (χ0n) is 16.1. The van der Waals surface area contributed by atoms with Gasteiger partial charge in [0.15, 0.2) is 0 Å². The molecule has 2 aromatic carbocycles. The molecule has 1 saturated heterocycles. The van der Waals surface area contributed by atoms with Crippen LogP contribution in [0.25, 0.3) is 0 Å². The summed E-state index contributed by atoms with van der Waals surface area (Å²) in [6.45, 7) is 5.63. The molecule has 1 heterocycles. The Balaban J connectivity index is 1.61. The third kappa shape index (κ3) is 4.20. The predicted molar refractivity (Wildman–Crippen MR) is 108 cm³/mol. The van der Waals surface area contributed by atoms with E-state index in [1.165, 1.54) is 12.1 Å². The van der Waals surface area contributed by atoms with Gasteiger partial charge in [-0.05, 0) is 31.5 Å². The van der Waals surface area contributed by atoms with Crippen molar-refractivity contribution in [2.24, 2.45) is 0 Å². The summed E-state index contributed by atoms with van der Waals surface area (Å²) in [5.41, 5.74) is 0.555. The van der Waals surface area contributed by atoms with E-state index in [1.54, 1.807) is 15.9 Å². The number of piperazine rings is 1. The molecule has 1 fully saturated rings. The number of nitrogens with zero attached hydrogens (tertiary/aromatic N) is 2. The van der Waals surface area contributed by atoms with Gasteiger partial charge in [-0.25, -0.2) is 4.39 Å². The SMILES string of the molecule is CC(C)(C(=O)N1CCN(C(=O)Cc2c(F)cccc2Cl)CC1)c1ccccc1. The highest BCUT2D eigenvalue weighted by Crippen LogP contribution is 2.26. The first-order valence-electron chi connectivity index (χ1n) is 9.36. The summed E-state index contributed by atoms with van der Waals surface area (Å²) in [7, 11) is 0. The van der Waals surface area contributed by atoms with Crippen LogP contribution in [-0.2, 0) is 21.4 Å². The fraction of sp³-hybridized carbons (Fsp3) is 0.364. The Morgan fingerprint density at radius 2 is 1.57 bits per heavy atom. The number of benzene rings is 2. The van der Waals surface area contributed by atoms with Gasteiger partial charge in [0, 0.05) is 36.8 Å². The van der Waals surface area contributed by atoms with Crippen LogP contribution in [0.1, 0.15) is 25.0 Å². The Bertz CT molecular complexity index is 842. The van der Waals surface area contributed by atoms with Gasteiger partial charge in [0.25, 0.3) is 0 Å². The highest BCUT2D eigenvalue weighted by Gasteiger charge is 2.35. The van der Waals surface area contributed by atoms with Gasteiger partial charge in [0.05, 0.1) is 11.8 Å². The molecular formula is C22H24ClFN2O2. The Labute approximate surface area is 169 Å². The van der Waals surface area contributed by atoms with Crippen molar-refractivity contribution in [3.63, 3.8) is 0 Å². The summed E-state index contributed by atoms with van der Waals surface area (Å²) in [5, 5.41) is 0.256. The summed E-state index contributed by atoms with van der Waals surface area (Å²) in [5.74, 6) is -0.608. The maximum absolute atomic E-state index is 13.9. The monoisotopic (exact) mass is 402 g/mol. The van der Waals surface area contributed by atoms with Gasteiger partial charge >= 0.3 is 0 Å². The number of rotatable bonds is 4. The van der Waals surface area contributed by atoms with E-state index in [4.69, 9.17) is 11.6 Å². The minimum Gasteiger partial charge on any atom is -0.339 e. The third-order valence-electron chi connectivity index (χ3n) is 5.34. The maximum atomic E-state index is 13.9. The lowest BCUT2D eigenvalue weighted by Crippen LogP contribution is -2.54. The Morgan fingerprint density at radius 1 is 0.964 bits per heavy atom. The summed E-state index contributed by atoms with van der Waals surface area (Å²) < 4.78 is 13.9. The largest absolute Gasteiger partial charge is 0.339 e. The molecule has 0 aromatic heterocycles. The first-order valence-corrected chi connectivity index (χ1v) is 9.74. The van der Waals surface area contributed by atoms with Crippen molar-refractivity contribution in [3.8, 4) is 0 Å². The second kappa shape index (κ2) is 8.31. The van der Waals surface area contributed by atoms with Gasteiger partial charge in [-0.2, -0.15) is 0 Å². The fourth-order valence-electron chi connectivity index (χ4n) is 3.50. The van der Waals surface area contributed by atoms with Crippen LogP contribution in [0.2, 0.25) is 5.02 Å². The van der Waals surface area contributed by atoms with Crippen molar-refractivity contribution in [2.75, 3.05) is 26.2 Å². The molecule has 0 spiro atoms. The quantitative estimate of drug-likeness (QED) is 0.782. The van der Waals surface area contributed by atoms with E-state index in [-0.39, 0.29) is 28.8 Å². The topological polar surface area (TPSA) is 40.6 Å². The van der Waals surface area contributed by atoms with Crippen molar-refractivity contribution in [3.05, 3.63) is 70.5 Å². The average Bonchev–Trinajstić information content (AvgIpc) is 2.71. The molecular weight excluding hydrogens is 379 g/mol. The molecule has 0 aliphatic carbocycles. The van der Waals surface area contributed by atoms with Gasteiger partial charge in [-0.1, -0.05) is 48.0 Å². The molecule has 28 heavy (non-hydrogen) atoms. The molecule has 148 valence electrons. The van der Waals surface area contributed by atoms with Crippen LogP contribution in [0.4, 0.5) is 4.39 Å². The molecule has 2 amide bonds. The van der Waals surface area contributed by atoms with Crippen LogP contribution < -0.4 is 0 Å². The zero-order chi connectivity index (χ0) is 20.3. The number of carbonyl (C=O) groups is 2. The molecule has 0 saturated carbocycles. The molecule has 1 aliphatic rings. The molecule has 0 radical (unpaired) electrons. The van der Waals surface area contributed by atoms with Gasteiger partial charge in [-0.15, -0.1) is 0 Å². The number of carbonyl (C=O) groups excluding carboxylic acids is 2. The number of amides is 2. The van der Waals surface area contributed by atoms with E-state index in [0.29, 0.717) is 26.2 Å². The van der Waals surface area contributed by atoms with Crippen LogP contribution in [0.5, 0.6) is 0 Å². The lowest BCUT2D eigenvalue weighted by atomic mass is 9.83. The van der Waals surface area contributed by atoms with Crippen molar-refractivity contribution >= 4 is 23.4 Å². The van der Waals surface area contributed by atoms with E-state index in [2.05, 4.69) is 0 Å². The number of hydrogen-bond donors (Lipinski definition) is 0. The fourth-order valence-corrected chi connectivity index (χ4v) is 3.73. The summed E-state index contributed by atoms with van der Waals surface area (Å²) in [6.07, 6.45) is -0.0744. The normalized spacial score (nSPS) is 14.9.